The van der Waals surface area contributed by atoms with Crippen molar-refractivity contribution in [3.05, 3.63) is 0 Å². The van der Waals surface area contributed by atoms with Crippen LogP contribution < -0.4 is 5.32 Å². The van der Waals surface area contributed by atoms with Crippen molar-refractivity contribution in [2.24, 2.45) is 5.41 Å². The Morgan fingerprint density at radius 1 is 1.20 bits per heavy atom. The van der Waals surface area contributed by atoms with E-state index in [1.54, 1.807) is 0 Å². The normalized spacial score (nSPS) is 11.9. The van der Waals surface area contributed by atoms with Gasteiger partial charge in [0.05, 0.1) is 0 Å². The molecule has 2 heteroatoms. The molecule has 0 aromatic carbocycles. The van der Waals surface area contributed by atoms with E-state index in [0.717, 1.165) is 12.8 Å². The number of carbonyl (C=O) groups is 1. The van der Waals surface area contributed by atoms with E-state index in [4.69, 9.17) is 0 Å². The molecule has 0 radical (unpaired) electrons. The van der Waals surface area contributed by atoms with Crippen LogP contribution >= 0.6 is 0 Å². The Hall–Kier alpha value is -0.530. The second kappa shape index (κ2) is 6.86. The molecule has 2 nitrogen and oxygen atoms in total. The molecule has 0 unspecified atom stereocenters. The van der Waals surface area contributed by atoms with E-state index in [0.29, 0.717) is 0 Å². The molecule has 0 aliphatic carbocycles. The predicted molar refractivity (Wildman–Crippen MR) is 65.8 cm³/mol. The summed E-state index contributed by atoms with van der Waals surface area (Å²) in [5.74, 6) is 0.189. The Labute approximate surface area is 94.8 Å². The van der Waals surface area contributed by atoms with Gasteiger partial charge in [0, 0.05) is 11.5 Å². The summed E-state index contributed by atoms with van der Waals surface area (Å²) in [4.78, 5) is 11.8. The minimum Gasteiger partial charge on any atom is -0.353 e. The van der Waals surface area contributed by atoms with Gasteiger partial charge in [-0.15, -0.1) is 0 Å². The first-order chi connectivity index (χ1) is 6.90. The van der Waals surface area contributed by atoms with Crippen LogP contribution in [0.2, 0.25) is 0 Å². The maximum Gasteiger partial charge on any atom is 0.225 e. The van der Waals surface area contributed by atoms with Gasteiger partial charge in [-0.05, 0) is 20.3 Å². The average Bonchev–Trinajstić information content (AvgIpc) is 2.11. The summed E-state index contributed by atoms with van der Waals surface area (Å²) >= 11 is 0. The third-order valence-corrected chi connectivity index (χ3v) is 2.69. The van der Waals surface area contributed by atoms with Crippen molar-refractivity contribution >= 4 is 5.91 Å². The minimum absolute atomic E-state index is 0.189. The van der Waals surface area contributed by atoms with Crippen LogP contribution in [0.1, 0.15) is 66.7 Å². The Morgan fingerprint density at radius 3 is 2.27 bits per heavy atom. The Kier molecular flexibility index (Phi) is 6.62. The fraction of sp³-hybridized carbons (Fsp3) is 0.923. The summed E-state index contributed by atoms with van der Waals surface area (Å²) in [6.45, 7) is 10.3. The molecule has 0 atom stereocenters. The first-order valence-electron chi connectivity index (χ1n) is 6.21. The van der Waals surface area contributed by atoms with Crippen LogP contribution in [0.25, 0.3) is 0 Å². The lowest BCUT2D eigenvalue weighted by atomic mass is 9.85. The fourth-order valence-corrected chi connectivity index (χ4v) is 1.56. The molecule has 0 saturated heterocycles. The lowest BCUT2D eigenvalue weighted by Crippen LogP contribution is -2.40. The summed E-state index contributed by atoms with van der Waals surface area (Å²) in [7, 11) is 0. The van der Waals surface area contributed by atoms with Gasteiger partial charge in [-0.1, -0.05) is 46.5 Å². The molecular weight excluding hydrogens is 186 g/mol. The van der Waals surface area contributed by atoms with Gasteiger partial charge in [-0.2, -0.15) is 0 Å². The summed E-state index contributed by atoms with van der Waals surface area (Å²) in [5, 5.41) is 2.98. The largest absolute Gasteiger partial charge is 0.353 e. The summed E-state index contributed by atoms with van der Waals surface area (Å²) in [6.07, 6.45) is 5.92. The number of unbranched alkanes of at least 4 members (excludes halogenated alkanes) is 3. The Balaban J connectivity index is 3.88. The van der Waals surface area contributed by atoms with Crippen molar-refractivity contribution in [2.45, 2.75) is 72.8 Å². The van der Waals surface area contributed by atoms with Crippen molar-refractivity contribution in [2.75, 3.05) is 0 Å². The molecular formula is C13H27NO. The van der Waals surface area contributed by atoms with Gasteiger partial charge in [0.2, 0.25) is 5.91 Å². The summed E-state index contributed by atoms with van der Waals surface area (Å²) in [5.41, 5.74) is -0.210. The zero-order valence-electron chi connectivity index (χ0n) is 11.0. The monoisotopic (exact) mass is 213 g/mol. The van der Waals surface area contributed by atoms with Gasteiger partial charge in [0.1, 0.15) is 0 Å². The van der Waals surface area contributed by atoms with Gasteiger partial charge >= 0.3 is 0 Å². The molecule has 0 aliphatic rings. The molecule has 0 heterocycles. The summed E-state index contributed by atoms with van der Waals surface area (Å²) in [6, 6.07) is 0.243. The third kappa shape index (κ3) is 6.53. The van der Waals surface area contributed by atoms with Crippen LogP contribution in [-0.4, -0.2) is 11.9 Å². The van der Waals surface area contributed by atoms with E-state index in [-0.39, 0.29) is 17.4 Å². The molecule has 1 amide bonds. The van der Waals surface area contributed by atoms with E-state index in [2.05, 4.69) is 12.2 Å². The molecule has 0 spiro atoms. The number of carbonyl (C=O) groups excluding carboxylic acids is 1. The summed E-state index contributed by atoms with van der Waals surface area (Å²) < 4.78 is 0. The molecule has 0 saturated carbocycles. The molecule has 0 aromatic heterocycles. The highest BCUT2D eigenvalue weighted by atomic mass is 16.2. The topological polar surface area (TPSA) is 29.1 Å². The quantitative estimate of drug-likeness (QED) is 0.644. The van der Waals surface area contributed by atoms with E-state index in [1.807, 2.05) is 27.7 Å². The molecule has 15 heavy (non-hydrogen) atoms. The first-order valence-corrected chi connectivity index (χ1v) is 6.21. The van der Waals surface area contributed by atoms with Crippen LogP contribution in [0.3, 0.4) is 0 Å². The van der Waals surface area contributed by atoms with Crippen LogP contribution in [0.4, 0.5) is 0 Å². The zero-order valence-corrected chi connectivity index (χ0v) is 11.0. The van der Waals surface area contributed by atoms with E-state index in [1.165, 1.54) is 19.3 Å². The van der Waals surface area contributed by atoms with Crippen LogP contribution in [0.15, 0.2) is 0 Å². The molecule has 0 fully saturated rings. The van der Waals surface area contributed by atoms with Gasteiger partial charge in [-0.25, -0.2) is 0 Å². The molecule has 0 rings (SSSR count). The van der Waals surface area contributed by atoms with Crippen LogP contribution in [0, 0.1) is 5.41 Å². The second-order valence-electron chi connectivity index (χ2n) is 5.32. The second-order valence-corrected chi connectivity index (χ2v) is 5.32. The SMILES string of the molecule is CCCCCCC(C)(C)C(=O)NC(C)C. The number of hydrogen-bond acceptors (Lipinski definition) is 1. The highest BCUT2D eigenvalue weighted by Crippen LogP contribution is 2.24. The van der Waals surface area contributed by atoms with Crippen LogP contribution in [-0.2, 0) is 4.79 Å². The van der Waals surface area contributed by atoms with Gasteiger partial charge in [-0.3, -0.25) is 4.79 Å². The average molecular weight is 213 g/mol. The number of nitrogens with one attached hydrogen (secondary N) is 1. The maximum absolute atomic E-state index is 11.8. The molecule has 1 N–H and O–H groups in total. The van der Waals surface area contributed by atoms with Gasteiger partial charge in [0.15, 0.2) is 0 Å². The van der Waals surface area contributed by atoms with Crippen molar-refractivity contribution < 1.29 is 4.79 Å². The standard InChI is InChI=1S/C13H27NO/c1-6-7-8-9-10-13(4,5)12(15)14-11(2)3/h11H,6-10H2,1-5H3,(H,14,15). The van der Waals surface area contributed by atoms with Gasteiger partial charge in [0.25, 0.3) is 0 Å². The molecule has 0 aliphatic heterocycles. The van der Waals surface area contributed by atoms with Crippen molar-refractivity contribution in [3.63, 3.8) is 0 Å². The smallest absolute Gasteiger partial charge is 0.225 e. The van der Waals surface area contributed by atoms with Gasteiger partial charge < -0.3 is 5.32 Å². The lowest BCUT2D eigenvalue weighted by molar-refractivity contribution is -0.130. The lowest BCUT2D eigenvalue weighted by Gasteiger charge is -2.24. The van der Waals surface area contributed by atoms with E-state index < -0.39 is 0 Å². The number of amides is 1. The Bertz CT molecular complexity index is 185. The highest BCUT2D eigenvalue weighted by Gasteiger charge is 2.26. The Morgan fingerprint density at radius 2 is 1.80 bits per heavy atom. The number of rotatable bonds is 7. The minimum atomic E-state index is -0.210. The van der Waals surface area contributed by atoms with E-state index >= 15 is 0 Å². The maximum atomic E-state index is 11.8. The zero-order chi connectivity index (χ0) is 11.9. The fourth-order valence-electron chi connectivity index (χ4n) is 1.56. The third-order valence-electron chi connectivity index (χ3n) is 2.69. The highest BCUT2D eigenvalue weighted by molar-refractivity contribution is 5.81. The molecule has 0 aromatic rings. The molecule has 0 bridgehead atoms. The molecule has 90 valence electrons. The van der Waals surface area contributed by atoms with Crippen molar-refractivity contribution in [1.29, 1.82) is 0 Å². The number of hydrogen-bond donors (Lipinski definition) is 1. The van der Waals surface area contributed by atoms with E-state index in [9.17, 15) is 4.79 Å². The van der Waals surface area contributed by atoms with Crippen molar-refractivity contribution in [3.8, 4) is 0 Å². The predicted octanol–water partition coefficient (Wildman–Crippen LogP) is 3.51. The van der Waals surface area contributed by atoms with Crippen molar-refractivity contribution in [1.82, 2.24) is 5.32 Å². The first kappa shape index (κ1) is 14.5. The van der Waals surface area contributed by atoms with Crippen LogP contribution in [0.5, 0.6) is 0 Å².